The molecule has 0 aliphatic rings. The Kier molecular flexibility index (Phi) is 3.92. The highest BCUT2D eigenvalue weighted by Crippen LogP contribution is 2.27. The van der Waals surface area contributed by atoms with E-state index in [0.717, 1.165) is 50.9 Å². The molecule has 0 aliphatic carbocycles. The Morgan fingerprint density at radius 2 is 1.95 bits per heavy atom. The molecule has 3 aromatic rings. The second-order valence-corrected chi connectivity index (χ2v) is 5.87. The Balaban J connectivity index is 2.31. The van der Waals surface area contributed by atoms with Crippen molar-refractivity contribution >= 4 is 22.8 Å². The highest BCUT2D eigenvalue weighted by atomic mass is 35.5. The highest BCUT2D eigenvalue weighted by molar-refractivity contribution is 6.31. The van der Waals surface area contributed by atoms with E-state index in [1.807, 2.05) is 32.4 Å². The molecule has 113 valence electrons. The molecular weight excluding hydrogens is 294 g/mol. The number of benzene rings is 1. The molecular formula is C18H19ClN3. The average Bonchev–Trinajstić information content (AvgIpc) is 2.85. The first-order chi connectivity index (χ1) is 10.5. The van der Waals surface area contributed by atoms with E-state index < -0.39 is 0 Å². The van der Waals surface area contributed by atoms with Gasteiger partial charge in [0.25, 0.3) is 0 Å². The summed E-state index contributed by atoms with van der Waals surface area (Å²) in [7, 11) is 0. The third kappa shape index (κ3) is 2.40. The van der Waals surface area contributed by atoms with Crippen LogP contribution in [0.1, 0.15) is 36.5 Å². The molecule has 0 spiro atoms. The summed E-state index contributed by atoms with van der Waals surface area (Å²) in [5.41, 5.74) is 6.06. The standard InChI is InChI=1S/C18H19ClN3/c1-5-13-7-8-14(10-15(13)19)22-16(6-2)21-17-11(3)9-12(4)20-18(17)22/h5,7-10H,6H2,1-4H3. The summed E-state index contributed by atoms with van der Waals surface area (Å²) in [6, 6.07) is 8.16. The summed E-state index contributed by atoms with van der Waals surface area (Å²) in [4.78, 5) is 9.47. The zero-order valence-electron chi connectivity index (χ0n) is 13.3. The van der Waals surface area contributed by atoms with Crippen molar-refractivity contribution in [2.24, 2.45) is 0 Å². The van der Waals surface area contributed by atoms with Gasteiger partial charge in [0, 0.05) is 17.1 Å². The van der Waals surface area contributed by atoms with Crippen molar-refractivity contribution in [2.75, 3.05) is 0 Å². The fourth-order valence-corrected chi connectivity index (χ4v) is 3.09. The molecule has 3 nitrogen and oxygen atoms in total. The van der Waals surface area contributed by atoms with Crippen LogP contribution in [-0.2, 0) is 6.42 Å². The molecule has 0 aliphatic heterocycles. The number of nitrogens with zero attached hydrogens (tertiary/aromatic N) is 3. The first kappa shape index (κ1) is 15.0. The van der Waals surface area contributed by atoms with Crippen LogP contribution in [0.4, 0.5) is 0 Å². The van der Waals surface area contributed by atoms with Crippen LogP contribution < -0.4 is 0 Å². The SMILES string of the molecule is C[CH]c1ccc(-n2c(CC)nc3c(C)cc(C)nc32)cc1Cl. The lowest BCUT2D eigenvalue weighted by Crippen LogP contribution is -2.02. The lowest BCUT2D eigenvalue weighted by Gasteiger charge is -2.10. The summed E-state index contributed by atoms with van der Waals surface area (Å²) < 4.78 is 2.11. The van der Waals surface area contributed by atoms with Crippen molar-refractivity contribution < 1.29 is 0 Å². The Labute approximate surface area is 136 Å². The fourth-order valence-electron chi connectivity index (χ4n) is 2.80. The molecule has 4 heteroatoms. The van der Waals surface area contributed by atoms with Crippen molar-refractivity contribution in [2.45, 2.75) is 34.1 Å². The quantitative estimate of drug-likeness (QED) is 0.694. The minimum atomic E-state index is 0.744. The summed E-state index contributed by atoms with van der Waals surface area (Å²) in [6.45, 7) is 8.18. The van der Waals surface area contributed by atoms with E-state index in [9.17, 15) is 0 Å². The Morgan fingerprint density at radius 1 is 1.18 bits per heavy atom. The molecule has 2 heterocycles. The van der Waals surface area contributed by atoms with Gasteiger partial charge in [-0.2, -0.15) is 0 Å². The summed E-state index contributed by atoms with van der Waals surface area (Å²) in [5.74, 6) is 1.00. The Morgan fingerprint density at radius 3 is 2.59 bits per heavy atom. The maximum atomic E-state index is 6.37. The molecule has 1 radical (unpaired) electrons. The van der Waals surface area contributed by atoms with Gasteiger partial charge in [0.15, 0.2) is 5.65 Å². The van der Waals surface area contributed by atoms with E-state index in [1.165, 1.54) is 0 Å². The van der Waals surface area contributed by atoms with E-state index in [4.69, 9.17) is 21.6 Å². The van der Waals surface area contributed by atoms with E-state index in [2.05, 4.69) is 30.5 Å². The van der Waals surface area contributed by atoms with Gasteiger partial charge in [-0.1, -0.05) is 31.5 Å². The molecule has 0 unspecified atom stereocenters. The van der Waals surface area contributed by atoms with Crippen LogP contribution >= 0.6 is 11.6 Å². The predicted molar refractivity (Wildman–Crippen MR) is 91.8 cm³/mol. The maximum Gasteiger partial charge on any atom is 0.165 e. The van der Waals surface area contributed by atoms with Gasteiger partial charge in [-0.3, -0.25) is 4.57 Å². The van der Waals surface area contributed by atoms with Gasteiger partial charge in [0.05, 0.1) is 5.69 Å². The van der Waals surface area contributed by atoms with Gasteiger partial charge in [0.1, 0.15) is 11.3 Å². The van der Waals surface area contributed by atoms with Crippen LogP contribution in [0.2, 0.25) is 5.02 Å². The summed E-state index contributed by atoms with van der Waals surface area (Å²) in [5, 5.41) is 0.744. The number of fused-ring (bicyclic) bond motifs is 1. The van der Waals surface area contributed by atoms with Crippen LogP contribution in [0.25, 0.3) is 16.9 Å². The molecule has 0 saturated heterocycles. The lowest BCUT2D eigenvalue weighted by molar-refractivity contribution is 0.900. The van der Waals surface area contributed by atoms with Crippen molar-refractivity contribution in [3.8, 4) is 5.69 Å². The normalized spacial score (nSPS) is 11.3. The van der Waals surface area contributed by atoms with E-state index in [1.54, 1.807) is 0 Å². The fraction of sp³-hybridized carbons (Fsp3) is 0.278. The van der Waals surface area contributed by atoms with E-state index >= 15 is 0 Å². The van der Waals surface area contributed by atoms with Crippen LogP contribution in [0, 0.1) is 20.3 Å². The lowest BCUT2D eigenvalue weighted by atomic mass is 10.1. The summed E-state index contributed by atoms with van der Waals surface area (Å²) in [6.07, 6.45) is 2.85. The molecule has 22 heavy (non-hydrogen) atoms. The second kappa shape index (κ2) is 5.73. The smallest absolute Gasteiger partial charge is 0.165 e. The van der Waals surface area contributed by atoms with Crippen LogP contribution in [-0.4, -0.2) is 14.5 Å². The number of halogens is 1. The Bertz CT molecular complexity index is 849. The van der Waals surface area contributed by atoms with Crippen molar-refractivity contribution in [3.05, 3.63) is 58.4 Å². The second-order valence-electron chi connectivity index (χ2n) is 5.46. The molecule has 0 atom stereocenters. The van der Waals surface area contributed by atoms with Crippen LogP contribution in [0.5, 0.6) is 0 Å². The molecule has 2 aromatic heterocycles. The van der Waals surface area contributed by atoms with E-state index in [0.29, 0.717) is 0 Å². The van der Waals surface area contributed by atoms with Crippen molar-refractivity contribution in [3.63, 3.8) is 0 Å². The van der Waals surface area contributed by atoms with Gasteiger partial charge in [0.2, 0.25) is 0 Å². The predicted octanol–water partition coefficient (Wildman–Crippen LogP) is 4.83. The molecule has 0 bridgehead atoms. The molecule has 1 aromatic carbocycles. The van der Waals surface area contributed by atoms with Gasteiger partial charge in [-0.15, -0.1) is 0 Å². The number of aromatic nitrogens is 3. The molecule has 0 amide bonds. The monoisotopic (exact) mass is 312 g/mol. The third-order valence-electron chi connectivity index (χ3n) is 3.87. The van der Waals surface area contributed by atoms with E-state index in [-0.39, 0.29) is 0 Å². The Hall–Kier alpha value is -1.87. The number of pyridine rings is 1. The number of hydrogen-bond acceptors (Lipinski definition) is 2. The molecule has 0 saturated carbocycles. The van der Waals surface area contributed by atoms with Gasteiger partial charge in [-0.25, -0.2) is 9.97 Å². The number of aryl methyl sites for hydroxylation is 3. The number of imidazole rings is 1. The largest absolute Gasteiger partial charge is 0.281 e. The zero-order chi connectivity index (χ0) is 15.9. The topological polar surface area (TPSA) is 30.7 Å². The first-order valence-corrected chi connectivity index (χ1v) is 7.87. The minimum Gasteiger partial charge on any atom is -0.281 e. The third-order valence-corrected chi connectivity index (χ3v) is 4.20. The van der Waals surface area contributed by atoms with Gasteiger partial charge >= 0.3 is 0 Å². The number of rotatable bonds is 3. The molecule has 0 fully saturated rings. The minimum absolute atomic E-state index is 0.744. The van der Waals surface area contributed by atoms with Crippen LogP contribution in [0.3, 0.4) is 0 Å². The maximum absolute atomic E-state index is 6.37. The van der Waals surface area contributed by atoms with Crippen molar-refractivity contribution in [1.29, 1.82) is 0 Å². The zero-order valence-corrected chi connectivity index (χ0v) is 14.1. The van der Waals surface area contributed by atoms with Crippen LogP contribution in [0.15, 0.2) is 24.3 Å². The van der Waals surface area contributed by atoms with Crippen molar-refractivity contribution in [1.82, 2.24) is 14.5 Å². The van der Waals surface area contributed by atoms with Gasteiger partial charge in [-0.05, 0) is 49.6 Å². The highest BCUT2D eigenvalue weighted by Gasteiger charge is 2.15. The molecule has 0 N–H and O–H groups in total. The summed E-state index contributed by atoms with van der Waals surface area (Å²) >= 11 is 6.37. The van der Waals surface area contributed by atoms with Gasteiger partial charge < -0.3 is 0 Å². The molecule has 3 rings (SSSR count). The number of hydrogen-bond donors (Lipinski definition) is 0. The first-order valence-electron chi connectivity index (χ1n) is 7.50. The average molecular weight is 313 g/mol.